The smallest absolute Gasteiger partial charge is 0.220 e. The van der Waals surface area contributed by atoms with Gasteiger partial charge in [-0.25, -0.2) is 0 Å². The van der Waals surface area contributed by atoms with Gasteiger partial charge in [-0.05, 0) is 48.6 Å². The van der Waals surface area contributed by atoms with Gasteiger partial charge in [0.1, 0.15) is 5.75 Å². The Morgan fingerprint density at radius 1 is 1.08 bits per heavy atom. The minimum Gasteiger partial charge on any atom is -0.496 e. The summed E-state index contributed by atoms with van der Waals surface area (Å²) in [6.45, 7) is 0.644. The first-order valence-electron chi connectivity index (χ1n) is 7.92. The zero-order chi connectivity index (χ0) is 17.4. The third kappa shape index (κ3) is 5.73. The summed E-state index contributed by atoms with van der Waals surface area (Å²) in [5, 5.41) is 4.15. The minimum atomic E-state index is 0.0287. The van der Waals surface area contributed by atoms with Gasteiger partial charge in [0.15, 0.2) is 0 Å². The summed E-state index contributed by atoms with van der Waals surface area (Å²) in [5.74, 6) is 0.919. The summed E-state index contributed by atoms with van der Waals surface area (Å²) in [6.07, 6.45) is 2.76. The van der Waals surface area contributed by atoms with Crippen molar-refractivity contribution in [3.8, 4) is 5.75 Å². The molecule has 0 aliphatic carbocycles. The van der Waals surface area contributed by atoms with Crippen LogP contribution in [0.2, 0.25) is 10.0 Å². The average molecular weight is 366 g/mol. The molecule has 3 nitrogen and oxygen atoms in total. The number of para-hydroxylation sites is 1. The van der Waals surface area contributed by atoms with Crippen LogP contribution in [0.3, 0.4) is 0 Å². The average Bonchev–Trinajstić information content (AvgIpc) is 2.58. The van der Waals surface area contributed by atoms with Crippen LogP contribution in [0.1, 0.15) is 24.0 Å². The number of nitrogens with one attached hydrogen (secondary N) is 1. The van der Waals surface area contributed by atoms with Crippen molar-refractivity contribution in [2.45, 2.75) is 25.7 Å². The molecule has 128 valence electrons. The number of hydrogen-bond acceptors (Lipinski definition) is 2. The first kappa shape index (κ1) is 18.6. The molecule has 2 rings (SSSR count). The number of hydrogen-bond donors (Lipinski definition) is 1. The van der Waals surface area contributed by atoms with Crippen LogP contribution in [0, 0.1) is 0 Å². The number of halogens is 2. The summed E-state index contributed by atoms with van der Waals surface area (Å²) in [7, 11) is 1.67. The van der Waals surface area contributed by atoms with Gasteiger partial charge >= 0.3 is 0 Å². The van der Waals surface area contributed by atoms with Crippen LogP contribution in [0.25, 0.3) is 0 Å². The SMILES string of the molecule is COc1ccccc1CCCNC(=O)CCc1ccc(Cl)cc1Cl. The standard InChI is InChI=1S/C19H21Cl2NO2/c1-24-18-7-3-2-5-15(18)6-4-12-22-19(23)11-9-14-8-10-16(20)13-17(14)21/h2-3,5,7-8,10,13H,4,6,9,11-12H2,1H3,(H,22,23). The predicted molar refractivity (Wildman–Crippen MR) is 99.1 cm³/mol. The Morgan fingerprint density at radius 2 is 1.88 bits per heavy atom. The summed E-state index contributed by atoms with van der Waals surface area (Å²) in [4.78, 5) is 11.9. The molecule has 0 heterocycles. The minimum absolute atomic E-state index is 0.0287. The highest BCUT2D eigenvalue weighted by Gasteiger charge is 2.06. The van der Waals surface area contributed by atoms with Crippen molar-refractivity contribution in [1.29, 1.82) is 0 Å². The summed E-state index contributed by atoms with van der Waals surface area (Å²) in [6, 6.07) is 13.3. The van der Waals surface area contributed by atoms with E-state index in [-0.39, 0.29) is 5.91 Å². The zero-order valence-electron chi connectivity index (χ0n) is 13.6. The fraction of sp³-hybridized carbons (Fsp3) is 0.316. The van der Waals surface area contributed by atoms with Gasteiger partial charge in [0.2, 0.25) is 5.91 Å². The molecule has 24 heavy (non-hydrogen) atoms. The topological polar surface area (TPSA) is 38.3 Å². The number of amides is 1. The second kappa shape index (κ2) is 9.55. The molecule has 1 N–H and O–H groups in total. The van der Waals surface area contributed by atoms with Crippen molar-refractivity contribution in [2.75, 3.05) is 13.7 Å². The van der Waals surface area contributed by atoms with Crippen LogP contribution in [0.15, 0.2) is 42.5 Å². The number of carbonyl (C=O) groups is 1. The highest BCUT2D eigenvalue weighted by atomic mass is 35.5. The third-order valence-electron chi connectivity index (χ3n) is 3.77. The van der Waals surface area contributed by atoms with Crippen LogP contribution in [-0.2, 0) is 17.6 Å². The fourth-order valence-electron chi connectivity index (χ4n) is 2.48. The lowest BCUT2D eigenvalue weighted by Gasteiger charge is -2.09. The Bertz CT molecular complexity index is 689. The van der Waals surface area contributed by atoms with Gasteiger partial charge in [0.25, 0.3) is 0 Å². The first-order valence-corrected chi connectivity index (χ1v) is 8.68. The lowest BCUT2D eigenvalue weighted by Crippen LogP contribution is -2.25. The molecule has 0 fully saturated rings. The zero-order valence-corrected chi connectivity index (χ0v) is 15.2. The van der Waals surface area contributed by atoms with Gasteiger partial charge in [-0.1, -0.05) is 47.5 Å². The molecule has 1 amide bonds. The number of methoxy groups -OCH3 is 1. The summed E-state index contributed by atoms with van der Waals surface area (Å²) in [5.41, 5.74) is 2.09. The van der Waals surface area contributed by atoms with Gasteiger partial charge in [-0.2, -0.15) is 0 Å². The van der Waals surface area contributed by atoms with E-state index in [1.807, 2.05) is 30.3 Å². The lowest BCUT2D eigenvalue weighted by molar-refractivity contribution is -0.121. The molecule has 0 radical (unpaired) electrons. The van der Waals surface area contributed by atoms with Gasteiger partial charge in [0, 0.05) is 23.0 Å². The Morgan fingerprint density at radius 3 is 2.62 bits per heavy atom. The molecule has 0 saturated heterocycles. The number of aryl methyl sites for hydroxylation is 2. The van der Waals surface area contributed by atoms with E-state index in [1.165, 1.54) is 0 Å². The van der Waals surface area contributed by atoms with E-state index >= 15 is 0 Å². The second-order valence-electron chi connectivity index (χ2n) is 5.50. The van der Waals surface area contributed by atoms with Gasteiger partial charge in [-0.15, -0.1) is 0 Å². The third-order valence-corrected chi connectivity index (χ3v) is 4.36. The Kier molecular flexibility index (Phi) is 7.41. The maximum Gasteiger partial charge on any atom is 0.220 e. The molecule has 0 aromatic heterocycles. The second-order valence-corrected chi connectivity index (χ2v) is 6.34. The van der Waals surface area contributed by atoms with Crippen LogP contribution < -0.4 is 10.1 Å². The van der Waals surface area contributed by atoms with Crippen LogP contribution in [0.5, 0.6) is 5.75 Å². The van der Waals surface area contributed by atoms with E-state index in [1.54, 1.807) is 19.2 Å². The summed E-state index contributed by atoms with van der Waals surface area (Å²) < 4.78 is 5.32. The largest absolute Gasteiger partial charge is 0.496 e. The van der Waals surface area contributed by atoms with E-state index in [0.29, 0.717) is 29.4 Å². The molecule has 0 saturated carbocycles. The van der Waals surface area contributed by atoms with Crippen LogP contribution in [0.4, 0.5) is 0 Å². The summed E-state index contributed by atoms with van der Waals surface area (Å²) >= 11 is 12.0. The van der Waals surface area contributed by atoms with E-state index < -0.39 is 0 Å². The molecule has 2 aromatic rings. The van der Waals surface area contributed by atoms with Crippen molar-refractivity contribution in [2.24, 2.45) is 0 Å². The molecule has 0 aliphatic heterocycles. The monoisotopic (exact) mass is 365 g/mol. The van der Waals surface area contributed by atoms with Gasteiger partial charge < -0.3 is 10.1 Å². The molecule has 0 unspecified atom stereocenters. The van der Waals surface area contributed by atoms with Crippen molar-refractivity contribution in [3.05, 3.63) is 63.6 Å². The Hall–Kier alpha value is -1.71. The normalized spacial score (nSPS) is 10.5. The molecular formula is C19H21Cl2NO2. The van der Waals surface area contributed by atoms with Crippen LogP contribution in [-0.4, -0.2) is 19.6 Å². The predicted octanol–water partition coefficient (Wildman–Crippen LogP) is 4.68. The number of rotatable bonds is 8. The number of carbonyl (C=O) groups excluding carboxylic acids is 1. The van der Waals surface area contributed by atoms with E-state index in [9.17, 15) is 4.79 Å². The highest BCUT2D eigenvalue weighted by Crippen LogP contribution is 2.22. The lowest BCUT2D eigenvalue weighted by atomic mass is 10.1. The molecule has 0 bridgehead atoms. The number of ether oxygens (including phenoxy) is 1. The molecular weight excluding hydrogens is 345 g/mol. The van der Waals surface area contributed by atoms with E-state index in [2.05, 4.69) is 5.32 Å². The van der Waals surface area contributed by atoms with Crippen molar-refractivity contribution in [3.63, 3.8) is 0 Å². The first-order chi connectivity index (χ1) is 11.6. The molecule has 0 atom stereocenters. The Balaban J connectivity index is 1.70. The number of benzene rings is 2. The van der Waals surface area contributed by atoms with Crippen LogP contribution >= 0.6 is 23.2 Å². The fourth-order valence-corrected chi connectivity index (χ4v) is 2.98. The van der Waals surface area contributed by atoms with Crippen molar-refractivity contribution >= 4 is 29.1 Å². The van der Waals surface area contributed by atoms with Crippen molar-refractivity contribution in [1.82, 2.24) is 5.32 Å². The highest BCUT2D eigenvalue weighted by molar-refractivity contribution is 6.35. The maximum atomic E-state index is 11.9. The van der Waals surface area contributed by atoms with Crippen molar-refractivity contribution < 1.29 is 9.53 Å². The Labute approximate surface area is 152 Å². The molecule has 0 spiro atoms. The van der Waals surface area contributed by atoms with E-state index in [4.69, 9.17) is 27.9 Å². The molecule has 5 heteroatoms. The van der Waals surface area contributed by atoms with E-state index in [0.717, 1.165) is 29.7 Å². The van der Waals surface area contributed by atoms with Gasteiger partial charge in [-0.3, -0.25) is 4.79 Å². The quantitative estimate of drug-likeness (QED) is 0.689. The molecule has 2 aromatic carbocycles. The molecule has 0 aliphatic rings. The van der Waals surface area contributed by atoms with Gasteiger partial charge in [0.05, 0.1) is 7.11 Å². The maximum absolute atomic E-state index is 11.9.